The van der Waals surface area contributed by atoms with E-state index in [0.717, 1.165) is 36.4 Å². The van der Waals surface area contributed by atoms with Gasteiger partial charge in [0.15, 0.2) is 0 Å². The molecule has 0 N–H and O–H groups in total. The molecule has 1 atom stereocenters. The maximum Gasteiger partial charge on any atom is 0.222 e. The topological polar surface area (TPSA) is 32.8 Å². The van der Waals surface area contributed by atoms with E-state index in [2.05, 4.69) is 11.8 Å². The van der Waals surface area contributed by atoms with Crippen molar-refractivity contribution in [3.63, 3.8) is 0 Å². The molecule has 1 unspecified atom stereocenters. The maximum atomic E-state index is 13.4. The van der Waals surface area contributed by atoms with E-state index in [1.54, 1.807) is 19.2 Å². The molecule has 0 aliphatic carbocycles. The third-order valence-electron chi connectivity index (χ3n) is 5.43. The normalized spacial score (nSPS) is 16.1. The van der Waals surface area contributed by atoms with Crippen LogP contribution in [0.4, 0.5) is 4.39 Å². The first-order valence-corrected chi connectivity index (χ1v) is 9.95. The van der Waals surface area contributed by atoms with Gasteiger partial charge >= 0.3 is 0 Å². The van der Waals surface area contributed by atoms with Gasteiger partial charge in [0.2, 0.25) is 5.91 Å². The van der Waals surface area contributed by atoms with Gasteiger partial charge in [-0.2, -0.15) is 0 Å². The second-order valence-corrected chi connectivity index (χ2v) is 7.52. The van der Waals surface area contributed by atoms with Crippen molar-refractivity contribution in [2.24, 2.45) is 0 Å². The Hall–Kier alpha value is -2.11. The van der Waals surface area contributed by atoms with Crippen LogP contribution in [0.15, 0.2) is 42.5 Å². The molecular weight excluding hydrogens is 379 g/mol. The fourth-order valence-electron chi connectivity index (χ4n) is 3.54. The van der Waals surface area contributed by atoms with Crippen LogP contribution in [0.5, 0.6) is 5.75 Å². The lowest BCUT2D eigenvalue weighted by molar-refractivity contribution is -0.133. The molecule has 1 fully saturated rings. The van der Waals surface area contributed by atoms with E-state index in [0.29, 0.717) is 19.5 Å². The first kappa shape index (κ1) is 20.6. The van der Waals surface area contributed by atoms with Crippen molar-refractivity contribution in [1.82, 2.24) is 9.80 Å². The summed E-state index contributed by atoms with van der Waals surface area (Å²) < 4.78 is 18.5. The Morgan fingerprint density at radius 3 is 2.43 bits per heavy atom. The number of benzene rings is 2. The highest BCUT2D eigenvalue weighted by Crippen LogP contribution is 2.26. The molecule has 1 aliphatic heterocycles. The molecule has 0 saturated carbocycles. The second kappa shape index (κ2) is 9.39. The highest BCUT2D eigenvalue weighted by molar-refractivity contribution is 6.30. The van der Waals surface area contributed by atoms with Crippen LogP contribution < -0.4 is 4.74 Å². The number of carbonyl (C=O) groups excluding carboxylic acids is 1. The van der Waals surface area contributed by atoms with E-state index in [1.165, 1.54) is 6.07 Å². The standard InChI is InChI=1S/C22H26ClFN2O2/c1-16(18-6-9-21(24)20(23)15-18)25-11-13-26(14-12-25)22(27)10-5-17-3-7-19(28-2)8-4-17/h3-4,6-9,15-16H,5,10-14H2,1-2H3. The Labute approximate surface area is 170 Å². The number of rotatable bonds is 6. The van der Waals surface area contributed by atoms with E-state index in [9.17, 15) is 9.18 Å². The van der Waals surface area contributed by atoms with E-state index in [4.69, 9.17) is 16.3 Å². The van der Waals surface area contributed by atoms with Crippen molar-refractivity contribution >= 4 is 17.5 Å². The van der Waals surface area contributed by atoms with Gasteiger partial charge in [-0.1, -0.05) is 29.8 Å². The minimum absolute atomic E-state index is 0.134. The number of aryl methyl sites for hydroxylation is 1. The summed E-state index contributed by atoms with van der Waals surface area (Å²) in [6.45, 7) is 5.10. The average molecular weight is 405 g/mol. The largest absolute Gasteiger partial charge is 0.497 e. The number of nitrogens with zero attached hydrogens (tertiary/aromatic N) is 2. The van der Waals surface area contributed by atoms with E-state index in [1.807, 2.05) is 29.2 Å². The molecule has 4 nitrogen and oxygen atoms in total. The number of ether oxygens (including phenoxy) is 1. The summed E-state index contributed by atoms with van der Waals surface area (Å²) in [5.41, 5.74) is 2.13. The smallest absolute Gasteiger partial charge is 0.222 e. The molecule has 0 aromatic heterocycles. The van der Waals surface area contributed by atoms with Crippen molar-refractivity contribution in [1.29, 1.82) is 0 Å². The lowest BCUT2D eigenvalue weighted by Crippen LogP contribution is -2.49. The van der Waals surface area contributed by atoms with Crippen molar-refractivity contribution in [2.75, 3.05) is 33.3 Å². The fourth-order valence-corrected chi connectivity index (χ4v) is 3.73. The maximum absolute atomic E-state index is 13.4. The summed E-state index contributed by atoms with van der Waals surface area (Å²) in [5, 5.41) is 0.150. The van der Waals surface area contributed by atoms with Crippen LogP contribution in [0.3, 0.4) is 0 Å². The monoisotopic (exact) mass is 404 g/mol. The van der Waals surface area contributed by atoms with Gasteiger partial charge in [-0.25, -0.2) is 4.39 Å². The Bertz CT molecular complexity index is 805. The molecule has 1 saturated heterocycles. The van der Waals surface area contributed by atoms with E-state index in [-0.39, 0.29) is 17.0 Å². The zero-order chi connectivity index (χ0) is 20.1. The van der Waals surface area contributed by atoms with Gasteiger partial charge in [0.1, 0.15) is 11.6 Å². The quantitative estimate of drug-likeness (QED) is 0.718. The molecule has 1 aliphatic rings. The van der Waals surface area contributed by atoms with Crippen LogP contribution in [0, 0.1) is 5.82 Å². The molecule has 150 valence electrons. The van der Waals surface area contributed by atoms with Crippen molar-refractivity contribution < 1.29 is 13.9 Å². The van der Waals surface area contributed by atoms with Gasteiger partial charge in [0.05, 0.1) is 12.1 Å². The van der Waals surface area contributed by atoms with E-state index < -0.39 is 5.82 Å². The Morgan fingerprint density at radius 2 is 1.82 bits per heavy atom. The van der Waals surface area contributed by atoms with Crippen LogP contribution in [0.25, 0.3) is 0 Å². The lowest BCUT2D eigenvalue weighted by atomic mass is 10.1. The summed E-state index contributed by atoms with van der Waals surface area (Å²) in [4.78, 5) is 16.8. The van der Waals surface area contributed by atoms with Crippen molar-refractivity contribution in [3.8, 4) is 5.75 Å². The summed E-state index contributed by atoms with van der Waals surface area (Å²) in [5.74, 6) is 0.612. The number of amides is 1. The molecule has 0 radical (unpaired) electrons. The summed E-state index contributed by atoms with van der Waals surface area (Å²) in [6.07, 6.45) is 1.24. The number of piperazine rings is 1. The molecular formula is C22H26ClFN2O2. The Kier molecular flexibility index (Phi) is 6.92. The molecule has 2 aromatic rings. The van der Waals surface area contributed by atoms with Crippen LogP contribution in [0.1, 0.15) is 30.5 Å². The molecule has 1 amide bonds. The minimum atomic E-state index is -0.398. The fraction of sp³-hybridized carbons (Fsp3) is 0.409. The highest BCUT2D eigenvalue weighted by Gasteiger charge is 2.24. The average Bonchev–Trinajstić information content (AvgIpc) is 2.74. The van der Waals surface area contributed by atoms with Gasteiger partial charge in [-0.05, 0) is 48.7 Å². The lowest BCUT2D eigenvalue weighted by Gasteiger charge is -2.38. The number of hydrogen-bond donors (Lipinski definition) is 0. The number of hydrogen-bond acceptors (Lipinski definition) is 3. The van der Waals surface area contributed by atoms with Crippen LogP contribution >= 0.6 is 11.6 Å². The molecule has 2 aromatic carbocycles. The van der Waals surface area contributed by atoms with Gasteiger partial charge in [0.25, 0.3) is 0 Å². The Morgan fingerprint density at radius 1 is 1.14 bits per heavy atom. The van der Waals surface area contributed by atoms with Gasteiger partial charge in [-0.3, -0.25) is 9.69 Å². The predicted molar refractivity (Wildman–Crippen MR) is 109 cm³/mol. The second-order valence-electron chi connectivity index (χ2n) is 7.11. The summed E-state index contributed by atoms with van der Waals surface area (Å²) in [7, 11) is 1.64. The number of halogens is 2. The molecule has 0 spiro atoms. The first-order chi connectivity index (χ1) is 13.5. The number of methoxy groups -OCH3 is 1. The molecule has 6 heteroatoms. The van der Waals surface area contributed by atoms with E-state index >= 15 is 0 Å². The van der Waals surface area contributed by atoms with Crippen LogP contribution in [0.2, 0.25) is 5.02 Å². The molecule has 3 rings (SSSR count). The third kappa shape index (κ3) is 5.03. The zero-order valence-corrected chi connectivity index (χ0v) is 17.1. The van der Waals surface area contributed by atoms with Gasteiger partial charge in [0, 0.05) is 38.6 Å². The third-order valence-corrected chi connectivity index (χ3v) is 5.72. The van der Waals surface area contributed by atoms with Gasteiger partial charge < -0.3 is 9.64 Å². The predicted octanol–water partition coefficient (Wildman–Crippen LogP) is 4.33. The van der Waals surface area contributed by atoms with Gasteiger partial charge in [-0.15, -0.1) is 0 Å². The summed E-state index contributed by atoms with van der Waals surface area (Å²) >= 11 is 5.91. The first-order valence-electron chi connectivity index (χ1n) is 9.57. The molecule has 28 heavy (non-hydrogen) atoms. The van der Waals surface area contributed by atoms with Crippen molar-refractivity contribution in [2.45, 2.75) is 25.8 Å². The van der Waals surface area contributed by atoms with Crippen LogP contribution in [-0.2, 0) is 11.2 Å². The number of carbonyl (C=O) groups is 1. The van der Waals surface area contributed by atoms with Crippen LogP contribution in [-0.4, -0.2) is 49.0 Å². The SMILES string of the molecule is COc1ccc(CCC(=O)N2CCN(C(C)c3ccc(F)c(Cl)c3)CC2)cc1. The highest BCUT2D eigenvalue weighted by atomic mass is 35.5. The zero-order valence-electron chi connectivity index (χ0n) is 16.3. The molecule has 0 bridgehead atoms. The minimum Gasteiger partial charge on any atom is -0.497 e. The van der Waals surface area contributed by atoms with Crippen molar-refractivity contribution in [3.05, 3.63) is 64.4 Å². The summed E-state index contributed by atoms with van der Waals surface area (Å²) in [6, 6.07) is 12.8. The Balaban J connectivity index is 1.48. The molecule has 1 heterocycles.